The van der Waals surface area contributed by atoms with E-state index in [1.54, 1.807) is 12.1 Å². The molecule has 0 amide bonds. The van der Waals surface area contributed by atoms with Gasteiger partial charge in [-0.15, -0.1) is 0 Å². The van der Waals surface area contributed by atoms with Gasteiger partial charge in [-0.2, -0.15) is 13.2 Å². The fourth-order valence-electron chi connectivity index (χ4n) is 5.37. The minimum Gasteiger partial charge on any atom is -0.370 e. The quantitative estimate of drug-likeness (QED) is 0.460. The van der Waals surface area contributed by atoms with E-state index in [-0.39, 0.29) is 6.04 Å². The zero-order valence-electron chi connectivity index (χ0n) is 19.7. The van der Waals surface area contributed by atoms with Gasteiger partial charge in [0.15, 0.2) is 0 Å². The average molecular weight is 484 g/mol. The molecule has 0 radical (unpaired) electrons. The number of aromatic nitrogens is 2. The van der Waals surface area contributed by atoms with E-state index in [9.17, 15) is 13.2 Å². The molecule has 0 unspecified atom stereocenters. The van der Waals surface area contributed by atoms with Crippen molar-refractivity contribution >= 4 is 11.5 Å². The average Bonchev–Trinajstić information content (AvgIpc) is 3.41. The van der Waals surface area contributed by atoms with Crippen molar-refractivity contribution in [2.24, 2.45) is 0 Å². The van der Waals surface area contributed by atoms with Crippen LogP contribution in [0.1, 0.15) is 44.1 Å². The van der Waals surface area contributed by atoms with E-state index < -0.39 is 11.7 Å². The first kappa shape index (κ1) is 23.7. The summed E-state index contributed by atoms with van der Waals surface area (Å²) >= 11 is 0. The number of alkyl halides is 3. The lowest BCUT2D eigenvalue weighted by atomic mass is 9.89. The number of halogens is 3. The molecular formula is C27H32F3N5. The predicted molar refractivity (Wildman–Crippen MR) is 133 cm³/mol. The standard InChI is InChI=1S/C27H32F3N5/c28-27(29,30)20-9-11-22(12-10-20)35-17-5-6-21(19-35)32-24-7-1-2-8-25(24)33-26-18-23(13-14-31-26)34-15-3-4-16-34/h3-4,9-16,18,21,24-25,32H,1-2,5-8,17,19H2,(H,31,33)/t21-,24+,25+/m0/s1. The normalized spacial score (nSPS) is 23.3. The molecule has 3 heterocycles. The molecular weight excluding hydrogens is 451 g/mol. The van der Waals surface area contributed by atoms with Crippen molar-refractivity contribution in [2.75, 3.05) is 23.3 Å². The van der Waals surface area contributed by atoms with Gasteiger partial charge in [-0.1, -0.05) is 12.8 Å². The topological polar surface area (TPSA) is 45.1 Å². The van der Waals surface area contributed by atoms with Crippen molar-refractivity contribution in [3.63, 3.8) is 0 Å². The molecule has 1 aliphatic heterocycles. The van der Waals surface area contributed by atoms with Crippen LogP contribution in [-0.4, -0.2) is 40.8 Å². The SMILES string of the molecule is FC(F)(F)c1ccc(N2CCC[C@H](N[C@@H]3CCCC[C@H]3Nc3cc(-n4cccc4)ccn3)C2)cc1. The first-order valence-electron chi connectivity index (χ1n) is 12.5. The van der Waals surface area contributed by atoms with Crippen LogP contribution in [0.4, 0.5) is 24.7 Å². The highest BCUT2D eigenvalue weighted by molar-refractivity contribution is 5.49. The number of pyridine rings is 1. The minimum atomic E-state index is -4.30. The molecule has 5 nitrogen and oxygen atoms in total. The van der Waals surface area contributed by atoms with Gasteiger partial charge in [-0.25, -0.2) is 4.98 Å². The Morgan fingerprint density at radius 2 is 1.60 bits per heavy atom. The first-order chi connectivity index (χ1) is 17.0. The molecule has 186 valence electrons. The lowest BCUT2D eigenvalue weighted by Crippen LogP contribution is -2.55. The van der Waals surface area contributed by atoms with Crippen LogP contribution in [0.5, 0.6) is 0 Å². The molecule has 0 bridgehead atoms. The van der Waals surface area contributed by atoms with Crippen LogP contribution in [0.3, 0.4) is 0 Å². The van der Waals surface area contributed by atoms with Gasteiger partial charge in [0.05, 0.1) is 11.3 Å². The lowest BCUT2D eigenvalue weighted by molar-refractivity contribution is -0.137. The van der Waals surface area contributed by atoms with Crippen LogP contribution in [0.15, 0.2) is 67.1 Å². The van der Waals surface area contributed by atoms with Crippen molar-refractivity contribution in [2.45, 2.75) is 62.8 Å². The van der Waals surface area contributed by atoms with Crippen molar-refractivity contribution in [1.82, 2.24) is 14.9 Å². The highest BCUT2D eigenvalue weighted by atomic mass is 19.4. The van der Waals surface area contributed by atoms with E-state index in [0.29, 0.717) is 12.1 Å². The summed E-state index contributed by atoms with van der Waals surface area (Å²) in [5.74, 6) is 0.880. The second-order valence-electron chi connectivity index (χ2n) is 9.63. The van der Waals surface area contributed by atoms with E-state index in [1.807, 2.05) is 36.8 Å². The van der Waals surface area contributed by atoms with E-state index in [0.717, 1.165) is 56.0 Å². The van der Waals surface area contributed by atoms with Gasteiger partial charge in [0.2, 0.25) is 0 Å². The Hall–Kier alpha value is -3.00. The molecule has 3 atom stereocenters. The molecule has 1 saturated carbocycles. The Bertz CT molecular complexity index is 1080. The Morgan fingerprint density at radius 3 is 2.34 bits per heavy atom. The van der Waals surface area contributed by atoms with Gasteiger partial charge >= 0.3 is 6.18 Å². The maximum absolute atomic E-state index is 12.9. The maximum atomic E-state index is 12.9. The molecule has 1 saturated heterocycles. The van der Waals surface area contributed by atoms with Crippen LogP contribution in [0.2, 0.25) is 0 Å². The van der Waals surface area contributed by atoms with E-state index in [1.165, 1.54) is 25.0 Å². The molecule has 2 aromatic heterocycles. The van der Waals surface area contributed by atoms with Crippen LogP contribution in [0, 0.1) is 0 Å². The lowest BCUT2D eigenvalue weighted by Gasteiger charge is -2.40. The number of hydrogen-bond donors (Lipinski definition) is 2. The van der Waals surface area contributed by atoms with Gasteiger partial charge in [0.25, 0.3) is 0 Å². The molecule has 1 aliphatic carbocycles. The summed E-state index contributed by atoms with van der Waals surface area (Å²) in [6, 6.07) is 14.6. The highest BCUT2D eigenvalue weighted by Gasteiger charge is 2.31. The van der Waals surface area contributed by atoms with Gasteiger partial charge < -0.3 is 20.1 Å². The summed E-state index contributed by atoms with van der Waals surface area (Å²) in [5.41, 5.74) is 1.33. The summed E-state index contributed by atoms with van der Waals surface area (Å²) < 4.78 is 40.9. The van der Waals surface area contributed by atoms with Crippen LogP contribution >= 0.6 is 0 Å². The zero-order valence-corrected chi connectivity index (χ0v) is 19.7. The molecule has 3 aromatic rings. The third-order valence-electron chi connectivity index (χ3n) is 7.18. The highest BCUT2D eigenvalue weighted by Crippen LogP contribution is 2.31. The van der Waals surface area contributed by atoms with Crippen molar-refractivity contribution in [3.8, 4) is 5.69 Å². The molecule has 8 heteroatoms. The second kappa shape index (κ2) is 10.3. The molecule has 35 heavy (non-hydrogen) atoms. The Kier molecular flexibility index (Phi) is 7.00. The number of nitrogens with one attached hydrogen (secondary N) is 2. The fraction of sp³-hybridized carbons (Fsp3) is 0.444. The monoisotopic (exact) mass is 483 g/mol. The summed E-state index contributed by atoms with van der Waals surface area (Å²) in [5, 5.41) is 7.57. The van der Waals surface area contributed by atoms with Gasteiger partial charge in [0.1, 0.15) is 5.82 Å². The number of anilines is 2. The molecule has 5 rings (SSSR count). The molecule has 2 aliphatic rings. The first-order valence-corrected chi connectivity index (χ1v) is 12.5. The van der Waals surface area contributed by atoms with Crippen molar-refractivity contribution in [1.29, 1.82) is 0 Å². The Balaban J connectivity index is 1.22. The van der Waals surface area contributed by atoms with Crippen LogP contribution in [0.25, 0.3) is 5.69 Å². The van der Waals surface area contributed by atoms with E-state index in [4.69, 9.17) is 0 Å². The van der Waals surface area contributed by atoms with Gasteiger partial charge in [0, 0.05) is 61.6 Å². The smallest absolute Gasteiger partial charge is 0.370 e. The van der Waals surface area contributed by atoms with E-state index in [2.05, 4.69) is 31.2 Å². The Labute approximate surface area is 204 Å². The van der Waals surface area contributed by atoms with Gasteiger partial charge in [-0.05, 0) is 68.1 Å². The fourth-order valence-corrected chi connectivity index (χ4v) is 5.37. The number of piperidine rings is 1. The maximum Gasteiger partial charge on any atom is 0.416 e. The summed E-state index contributed by atoms with van der Waals surface area (Å²) in [6.45, 7) is 1.67. The molecule has 0 spiro atoms. The van der Waals surface area contributed by atoms with Crippen LogP contribution < -0.4 is 15.5 Å². The molecule has 1 aromatic carbocycles. The van der Waals surface area contributed by atoms with Crippen LogP contribution in [-0.2, 0) is 6.18 Å². The largest absolute Gasteiger partial charge is 0.416 e. The summed E-state index contributed by atoms with van der Waals surface area (Å²) in [7, 11) is 0. The zero-order chi connectivity index (χ0) is 24.3. The molecule has 2 fully saturated rings. The summed E-state index contributed by atoms with van der Waals surface area (Å²) in [4.78, 5) is 6.76. The third kappa shape index (κ3) is 5.81. The number of benzene rings is 1. The van der Waals surface area contributed by atoms with Gasteiger partial charge in [-0.3, -0.25) is 0 Å². The predicted octanol–water partition coefficient (Wildman–Crippen LogP) is 5.87. The number of nitrogens with zero attached hydrogens (tertiary/aromatic N) is 3. The number of rotatable bonds is 6. The van der Waals surface area contributed by atoms with E-state index >= 15 is 0 Å². The Morgan fingerprint density at radius 1 is 0.857 bits per heavy atom. The minimum absolute atomic E-state index is 0.289. The third-order valence-corrected chi connectivity index (χ3v) is 7.18. The second-order valence-corrected chi connectivity index (χ2v) is 9.63. The van der Waals surface area contributed by atoms with Crippen molar-refractivity contribution < 1.29 is 13.2 Å². The molecule has 2 N–H and O–H groups in total. The van der Waals surface area contributed by atoms with Crippen molar-refractivity contribution in [3.05, 3.63) is 72.7 Å². The summed E-state index contributed by atoms with van der Waals surface area (Å²) in [6.07, 6.45) is 8.25. The number of hydrogen-bond acceptors (Lipinski definition) is 4.